The van der Waals surface area contributed by atoms with Crippen molar-refractivity contribution in [1.82, 2.24) is 0 Å². The summed E-state index contributed by atoms with van der Waals surface area (Å²) in [5.41, 5.74) is 0. The van der Waals surface area contributed by atoms with Gasteiger partial charge in [0, 0.05) is 10.5 Å². The Kier molecular flexibility index (Phi) is 3.20. The Morgan fingerprint density at radius 2 is 1.80 bits per heavy atom. The summed E-state index contributed by atoms with van der Waals surface area (Å²) in [5.74, 6) is -0.530. The summed E-state index contributed by atoms with van der Waals surface area (Å²) in [7, 11) is 0. The van der Waals surface area contributed by atoms with E-state index in [1.165, 1.54) is 12.1 Å². The van der Waals surface area contributed by atoms with Crippen LogP contribution >= 0.6 is 15.9 Å². The number of furan rings is 1. The SMILES string of the molecule is O=C(O)c1ccc(Oc2ccc3cc(Br)ccc3c2)o1. The van der Waals surface area contributed by atoms with Crippen molar-refractivity contribution in [2.24, 2.45) is 0 Å². The summed E-state index contributed by atoms with van der Waals surface area (Å²) >= 11 is 3.42. The highest BCUT2D eigenvalue weighted by Crippen LogP contribution is 2.28. The van der Waals surface area contributed by atoms with Gasteiger partial charge in [0.25, 0.3) is 5.95 Å². The Hall–Kier alpha value is -2.27. The summed E-state index contributed by atoms with van der Waals surface area (Å²) in [5, 5.41) is 10.9. The van der Waals surface area contributed by atoms with Crippen LogP contribution in [0.5, 0.6) is 11.7 Å². The maximum Gasteiger partial charge on any atom is 0.371 e. The quantitative estimate of drug-likeness (QED) is 0.756. The normalized spacial score (nSPS) is 10.7. The number of hydrogen-bond acceptors (Lipinski definition) is 3. The molecular formula is C15H9BrO4. The maximum absolute atomic E-state index is 10.7. The number of carboxylic acid groups (broad SMARTS) is 1. The molecule has 0 aliphatic heterocycles. The second-order valence-electron chi connectivity index (χ2n) is 4.18. The first kappa shape index (κ1) is 12.7. The molecule has 0 aliphatic rings. The molecule has 3 aromatic rings. The Labute approximate surface area is 122 Å². The Morgan fingerprint density at radius 3 is 2.55 bits per heavy atom. The zero-order chi connectivity index (χ0) is 14.1. The van der Waals surface area contributed by atoms with Gasteiger partial charge in [-0.15, -0.1) is 0 Å². The van der Waals surface area contributed by atoms with Gasteiger partial charge < -0.3 is 14.3 Å². The first-order valence-corrected chi connectivity index (χ1v) is 6.61. The summed E-state index contributed by atoms with van der Waals surface area (Å²) in [4.78, 5) is 10.7. The smallest absolute Gasteiger partial charge is 0.371 e. The standard InChI is InChI=1S/C15H9BrO4/c16-11-3-1-10-8-12(4-2-9(10)7-11)19-14-6-5-13(20-14)15(17)18/h1-8H,(H,17,18). The van der Waals surface area contributed by atoms with E-state index in [1.807, 2.05) is 30.3 Å². The van der Waals surface area contributed by atoms with Gasteiger partial charge in [-0.25, -0.2) is 4.79 Å². The molecule has 1 aromatic heterocycles. The minimum Gasteiger partial charge on any atom is -0.475 e. The van der Waals surface area contributed by atoms with E-state index in [0.29, 0.717) is 5.75 Å². The molecular weight excluding hydrogens is 324 g/mol. The molecule has 1 heterocycles. The second-order valence-corrected chi connectivity index (χ2v) is 5.09. The number of rotatable bonds is 3. The molecule has 0 unspecified atom stereocenters. The average molecular weight is 333 g/mol. The van der Waals surface area contributed by atoms with Gasteiger partial charge in [-0.05, 0) is 41.1 Å². The molecule has 0 radical (unpaired) electrons. The number of aromatic carboxylic acids is 1. The van der Waals surface area contributed by atoms with Crippen molar-refractivity contribution in [3.63, 3.8) is 0 Å². The topological polar surface area (TPSA) is 59.7 Å². The highest BCUT2D eigenvalue weighted by atomic mass is 79.9. The molecule has 0 saturated heterocycles. The van der Waals surface area contributed by atoms with E-state index in [-0.39, 0.29) is 11.7 Å². The van der Waals surface area contributed by atoms with Crippen LogP contribution in [0, 0.1) is 0 Å². The van der Waals surface area contributed by atoms with E-state index in [1.54, 1.807) is 6.07 Å². The van der Waals surface area contributed by atoms with Crippen molar-refractivity contribution in [1.29, 1.82) is 0 Å². The fourth-order valence-corrected chi connectivity index (χ4v) is 2.24. The van der Waals surface area contributed by atoms with Crippen molar-refractivity contribution < 1.29 is 19.1 Å². The lowest BCUT2D eigenvalue weighted by molar-refractivity contribution is 0.0657. The Balaban J connectivity index is 1.90. The first-order chi connectivity index (χ1) is 9.61. The molecule has 0 fully saturated rings. The summed E-state index contributed by atoms with van der Waals surface area (Å²) in [6.07, 6.45) is 0. The fourth-order valence-electron chi connectivity index (χ4n) is 1.86. The molecule has 2 aromatic carbocycles. The highest BCUT2D eigenvalue weighted by molar-refractivity contribution is 9.10. The second kappa shape index (κ2) is 5.02. The molecule has 100 valence electrons. The van der Waals surface area contributed by atoms with Gasteiger partial charge in [-0.2, -0.15) is 0 Å². The van der Waals surface area contributed by atoms with Gasteiger partial charge >= 0.3 is 5.97 Å². The van der Waals surface area contributed by atoms with Crippen LogP contribution in [0.3, 0.4) is 0 Å². The monoisotopic (exact) mass is 332 g/mol. The molecule has 0 atom stereocenters. The first-order valence-electron chi connectivity index (χ1n) is 5.82. The lowest BCUT2D eigenvalue weighted by Crippen LogP contribution is -1.91. The van der Waals surface area contributed by atoms with Crippen LogP contribution in [0.4, 0.5) is 0 Å². The third-order valence-corrected chi connectivity index (χ3v) is 3.28. The zero-order valence-corrected chi connectivity index (χ0v) is 11.8. The largest absolute Gasteiger partial charge is 0.475 e. The van der Waals surface area contributed by atoms with Crippen molar-refractivity contribution in [2.45, 2.75) is 0 Å². The van der Waals surface area contributed by atoms with E-state index < -0.39 is 5.97 Å². The van der Waals surface area contributed by atoms with Crippen molar-refractivity contribution in [3.05, 3.63) is 58.8 Å². The Bertz CT molecular complexity index is 791. The molecule has 1 N–H and O–H groups in total. The lowest BCUT2D eigenvalue weighted by Gasteiger charge is -2.04. The van der Waals surface area contributed by atoms with Crippen LogP contribution in [0.25, 0.3) is 10.8 Å². The van der Waals surface area contributed by atoms with Crippen LogP contribution in [-0.4, -0.2) is 11.1 Å². The van der Waals surface area contributed by atoms with Crippen molar-refractivity contribution >= 4 is 32.7 Å². The maximum atomic E-state index is 10.7. The van der Waals surface area contributed by atoms with Gasteiger partial charge in [0.15, 0.2) is 0 Å². The van der Waals surface area contributed by atoms with Crippen molar-refractivity contribution in [3.8, 4) is 11.7 Å². The highest BCUT2D eigenvalue weighted by Gasteiger charge is 2.10. The predicted octanol–water partition coefficient (Wildman–Crippen LogP) is 4.69. The van der Waals surface area contributed by atoms with E-state index in [2.05, 4.69) is 15.9 Å². The van der Waals surface area contributed by atoms with Gasteiger partial charge in [-0.1, -0.05) is 28.1 Å². The third-order valence-electron chi connectivity index (χ3n) is 2.78. The number of ether oxygens (including phenoxy) is 1. The van der Waals surface area contributed by atoms with Crippen LogP contribution in [0.1, 0.15) is 10.6 Å². The summed E-state index contributed by atoms with van der Waals surface area (Å²) in [6, 6.07) is 14.4. The number of fused-ring (bicyclic) bond motifs is 1. The van der Waals surface area contributed by atoms with Gasteiger partial charge in [-0.3, -0.25) is 0 Å². The minimum absolute atomic E-state index is 0.148. The third kappa shape index (κ3) is 2.53. The molecule has 0 aliphatic carbocycles. The number of hydrogen-bond donors (Lipinski definition) is 1. The van der Waals surface area contributed by atoms with E-state index in [9.17, 15) is 4.79 Å². The molecule has 5 heteroatoms. The van der Waals surface area contributed by atoms with Crippen LogP contribution in [-0.2, 0) is 0 Å². The summed E-state index contributed by atoms with van der Waals surface area (Å²) in [6.45, 7) is 0. The Morgan fingerprint density at radius 1 is 1.05 bits per heavy atom. The molecule has 0 amide bonds. The van der Waals surface area contributed by atoms with Gasteiger partial charge in [0.1, 0.15) is 5.75 Å². The number of benzene rings is 2. The minimum atomic E-state index is -1.12. The molecule has 4 nitrogen and oxygen atoms in total. The molecule has 3 rings (SSSR count). The number of carboxylic acids is 1. The van der Waals surface area contributed by atoms with Crippen LogP contribution < -0.4 is 4.74 Å². The van der Waals surface area contributed by atoms with Crippen molar-refractivity contribution in [2.75, 3.05) is 0 Å². The average Bonchev–Trinajstić information content (AvgIpc) is 2.88. The molecule has 0 bridgehead atoms. The van der Waals surface area contributed by atoms with Crippen LogP contribution in [0.15, 0.2) is 57.4 Å². The van der Waals surface area contributed by atoms with E-state index in [4.69, 9.17) is 14.3 Å². The lowest BCUT2D eigenvalue weighted by atomic mass is 10.1. The predicted molar refractivity (Wildman–Crippen MR) is 77.4 cm³/mol. The molecule has 0 spiro atoms. The summed E-state index contributed by atoms with van der Waals surface area (Å²) < 4.78 is 11.6. The molecule has 20 heavy (non-hydrogen) atoms. The molecule has 0 saturated carbocycles. The van der Waals surface area contributed by atoms with Crippen LogP contribution in [0.2, 0.25) is 0 Å². The van der Waals surface area contributed by atoms with E-state index >= 15 is 0 Å². The fraction of sp³-hybridized carbons (Fsp3) is 0. The van der Waals surface area contributed by atoms with Gasteiger partial charge in [0.05, 0.1) is 0 Å². The number of halogens is 1. The van der Waals surface area contributed by atoms with Gasteiger partial charge in [0.2, 0.25) is 5.76 Å². The zero-order valence-electron chi connectivity index (χ0n) is 10.2. The van der Waals surface area contributed by atoms with E-state index in [0.717, 1.165) is 15.2 Å². The number of carbonyl (C=O) groups is 1.